The second-order valence-corrected chi connectivity index (χ2v) is 9.09. The number of piperazine rings is 2. The van der Waals surface area contributed by atoms with Crippen LogP contribution in [0.4, 0.5) is 0 Å². The fourth-order valence-corrected chi connectivity index (χ4v) is 5.22. The van der Waals surface area contributed by atoms with Crippen LogP contribution >= 0.6 is 0 Å². The molecule has 1 radical (unpaired) electrons. The zero-order chi connectivity index (χ0) is 19.0. The highest BCUT2D eigenvalue weighted by molar-refractivity contribution is 5.14. The van der Waals surface area contributed by atoms with Crippen LogP contribution in [0.2, 0.25) is 0 Å². The minimum absolute atomic E-state index is 0.441. The van der Waals surface area contributed by atoms with Crippen molar-refractivity contribution in [2.45, 2.75) is 51.1 Å². The minimum atomic E-state index is 0.441. The van der Waals surface area contributed by atoms with Crippen LogP contribution in [-0.4, -0.2) is 79.8 Å². The van der Waals surface area contributed by atoms with Crippen LogP contribution in [-0.2, 0) is 6.42 Å². The molecule has 4 heteroatoms. The van der Waals surface area contributed by atoms with Crippen molar-refractivity contribution in [3.05, 3.63) is 35.9 Å². The van der Waals surface area contributed by atoms with Gasteiger partial charge in [-0.25, -0.2) is 5.32 Å². The molecular formula is C24H39N4. The molecule has 1 aromatic carbocycles. The summed E-state index contributed by atoms with van der Waals surface area (Å²) in [4.78, 5) is 7.98. The molecule has 0 aromatic heterocycles. The van der Waals surface area contributed by atoms with Crippen molar-refractivity contribution in [3.8, 4) is 0 Å². The molecule has 1 aliphatic carbocycles. The van der Waals surface area contributed by atoms with E-state index in [0.717, 1.165) is 19.0 Å². The molecule has 28 heavy (non-hydrogen) atoms. The van der Waals surface area contributed by atoms with Crippen molar-refractivity contribution in [1.29, 1.82) is 0 Å². The summed E-state index contributed by atoms with van der Waals surface area (Å²) in [5.41, 5.74) is 1.46. The van der Waals surface area contributed by atoms with Crippen LogP contribution in [0.15, 0.2) is 30.3 Å². The zero-order valence-electron chi connectivity index (χ0n) is 17.6. The Hall–Kier alpha value is -0.940. The summed E-state index contributed by atoms with van der Waals surface area (Å²) >= 11 is 0. The Morgan fingerprint density at radius 2 is 1.61 bits per heavy atom. The van der Waals surface area contributed by atoms with Gasteiger partial charge in [-0.2, -0.15) is 0 Å². The van der Waals surface area contributed by atoms with Crippen molar-refractivity contribution in [1.82, 2.24) is 20.0 Å². The second kappa shape index (κ2) is 10.7. The maximum Gasteiger partial charge on any atom is 0.0891 e. The first-order valence-corrected chi connectivity index (χ1v) is 11.8. The Labute approximate surface area is 172 Å². The van der Waals surface area contributed by atoms with Crippen molar-refractivity contribution in [2.24, 2.45) is 5.92 Å². The molecule has 0 amide bonds. The van der Waals surface area contributed by atoms with E-state index in [4.69, 9.17) is 5.32 Å². The maximum absolute atomic E-state index is 4.98. The van der Waals surface area contributed by atoms with Gasteiger partial charge in [-0.05, 0) is 30.9 Å². The zero-order valence-corrected chi connectivity index (χ0v) is 17.6. The van der Waals surface area contributed by atoms with Gasteiger partial charge < -0.3 is 4.90 Å². The molecule has 4 nitrogen and oxygen atoms in total. The number of hydrogen-bond donors (Lipinski definition) is 0. The van der Waals surface area contributed by atoms with Crippen molar-refractivity contribution in [3.63, 3.8) is 0 Å². The first-order chi connectivity index (χ1) is 13.9. The molecule has 1 atom stereocenters. The average Bonchev–Trinajstić information content (AvgIpc) is 2.78. The molecule has 155 valence electrons. The van der Waals surface area contributed by atoms with Gasteiger partial charge >= 0.3 is 0 Å². The lowest BCUT2D eigenvalue weighted by Gasteiger charge is -2.43. The van der Waals surface area contributed by atoms with Gasteiger partial charge in [-0.1, -0.05) is 62.4 Å². The molecule has 1 saturated carbocycles. The molecule has 2 saturated heterocycles. The third-order valence-corrected chi connectivity index (χ3v) is 7.14. The number of nitrogens with zero attached hydrogens (tertiary/aromatic N) is 4. The molecule has 0 N–H and O–H groups in total. The number of hydrogen-bond acceptors (Lipinski definition) is 3. The Morgan fingerprint density at radius 1 is 0.821 bits per heavy atom. The Morgan fingerprint density at radius 3 is 2.39 bits per heavy atom. The summed E-state index contributed by atoms with van der Waals surface area (Å²) in [5.74, 6) is 0.999. The van der Waals surface area contributed by atoms with Gasteiger partial charge in [0.05, 0.1) is 6.17 Å². The first-order valence-electron chi connectivity index (χ1n) is 11.8. The molecule has 2 heterocycles. The number of benzene rings is 1. The van der Waals surface area contributed by atoms with Gasteiger partial charge in [0.2, 0.25) is 0 Å². The second-order valence-electron chi connectivity index (χ2n) is 9.09. The molecule has 0 bridgehead atoms. The summed E-state index contributed by atoms with van der Waals surface area (Å²) in [7, 11) is 0. The molecule has 4 rings (SSSR count). The summed E-state index contributed by atoms with van der Waals surface area (Å²) in [6.07, 6.45) is 10.4. The highest BCUT2D eigenvalue weighted by Crippen LogP contribution is 2.26. The van der Waals surface area contributed by atoms with Crippen LogP contribution < -0.4 is 5.32 Å². The predicted octanol–water partition coefficient (Wildman–Crippen LogP) is 3.06. The van der Waals surface area contributed by atoms with Crippen LogP contribution in [0.1, 0.15) is 44.1 Å². The third kappa shape index (κ3) is 6.03. The Kier molecular flexibility index (Phi) is 7.79. The van der Waals surface area contributed by atoms with Crippen LogP contribution in [0, 0.1) is 5.92 Å². The van der Waals surface area contributed by atoms with Gasteiger partial charge in [-0.3, -0.25) is 9.80 Å². The van der Waals surface area contributed by atoms with E-state index in [1.807, 2.05) is 0 Å². The van der Waals surface area contributed by atoms with Gasteiger partial charge in [0, 0.05) is 52.4 Å². The SMILES string of the molecule is c1ccc(CCN2CCN(C3CN(CCC4CCCCC4)CC[N]3)CC2)cc1. The first kappa shape index (κ1) is 20.3. The molecule has 3 fully saturated rings. The van der Waals surface area contributed by atoms with E-state index in [1.54, 1.807) is 0 Å². The maximum atomic E-state index is 4.98. The van der Waals surface area contributed by atoms with E-state index < -0.39 is 0 Å². The predicted molar refractivity (Wildman–Crippen MR) is 117 cm³/mol. The van der Waals surface area contributed by atoms with E-state index in [0.29, 0.717) is 6.17 Å². The smallest absolute Gasteiger partial charge is 0.0891 e. The fraction of sp³-hybridized carbons (Fsp3) is 0.750. The molecule has 1 aromatic rings. The molecule has 1 unspecified atom stereocenters. The van der Waals surface area contributed by atoms with E-state index in [2.05, 4.69) is 45.0 Å². The van der Waals surface area contributed by atoms with Crippen LogP contribution in [0.25, 0.3) is 0 Å². The summed E-state index contributed by atoms with van der Waals surface area (Å²) in [6.45, 7) is 10.6. The highest BCUT2D eigenvalue weighted by Gasteiger charge is 2.28. The normalized spacial score (nSPS) is 26.5. The average molecular weight is 384 g/mol. The Balaban J connectivity index is 1.15. The van der Waals surface area contributed by atoms with E-state index in [1.165, 1.54) is 96.3 Å². The topological polar surface area (TPSA) is 23.8 Å². The van der Waals surface area contributed by atoms with Crippen LogP contribution in [0.5, 0.6) is 0 Å². The lowest BCUT2D eigenvalue weighted by atomic mass is 9.87. The summed E-state index contributed by atoms with van der Waals surface area (Å²) < 4.78 is 0. The fourth-order valence-electron chi connectivity index (χ4n) is 5.22. The summed E-state index contributed by atoms with van der Waals surface area (Å²) in [5, 5.41) is 4.98. The van der Waals surface area contributed by atoms with E-state index in [-0.39, 0.29) is 0 Å². The van der Waals surface area contributed by atoms with Gasteiger partial charge in [0.15, 0.2) is 0 Å². The van der Waals surface area contributed by atoms with Gasteiger partial charge in [-0.15, -0.1) is 0 Å². The molecular weight excluding hydrogens is 344 g/mol. The van der Waals surface area contributed by atoms with Crippen molar-refractivity contribution >= 4 is 0 Å². The quantitative estimate of drug-likeness (QED) is 0.723. The highest BCUT2D eigenvalue weighted by atomic mass is 15.4. The largest absolute Gasteiger partial charge is 0.300 e. The van der Waals surface area contributed by atoms with Crippen molar-refractivity contribution < 1.29 is 0 Å². The molecule has 0 spiro atoms. The monoisotopic (exact) mass is 383 g/mol. The van der Waals surface area contributed by atoms with E-state index in [9.17, 15) is 0 Å². The van der Waals surface area contributed by atoms with Crippen LogP contribution in [0.3, 0.4) is 0 Å². The minimum Gasteiger partial charge on any atom is -0.300 e. The lowest BCUT2D eigenvalue weighted by Crippen LogP contribution is -2.59. The number of rotatable bonds is 7. The third-order valence-electron chi connectivity index (χ3n) is 7.14. The van der Waals surface area contributed by atoms with E-state index >= 15 is 0 Å². The van der Waals surface area contributed by atoms with Gasteiger partial charge in [0.1, 0.15) is 0 Å². The lowest BCUT2D eigenvalue weighted by molar-refractivity contribution is 0.0377. The summed E-state index contributed by atoms with van der Waals surface area (Å²) in [6, 6.07) is 10.9. The van der Waals surface area contributed by atoms with Crippen molar-refractivity contribution in [2.75, 3.05) is 58.9 Å². The Bertz CT molecular complexity index is 549. The standard InChI is InChI=1S/C24H39N4/c1-3-7-22(8-4-1)11-14-26-17-19-28(20-18-26)24-21-27(16-13-25-24)15-12-23-9-5-2-6-10-23/h1,3-4,7-8,23-24H,2,5-6,9-21H2. The van der Waals surface area contributed by atoms with Gasteiger partial charge in [0.25, 0.3) is 0 Å². The molecule has 3 aliphatic rings. The molecule has 2 aliphatic heterocycles.